The Hall–Kier alpha value is -2.66. The topological polar surface area (TPSA) is 81.4 Å². The molecule has 1 saturated heterocycles. The van der Waals surface area contributed by atoms with Crippen LogP contribution in [0.4, 0.5) is 0 Å². The molecular weight excluding hydrogens is 376 g/mol. The third-order valence-corrected chi connectivity index (χ3v) is 5.73. The zero-order valence-electron chi connectivity index (χ0n) is 18.1. The molecule has 1 aliphatic heterocycles. The number of hydrogen-bond donors (Lipinski definition) is 2. The molecule has 1 fully saturated rings. The first kappa shape index (κ1) is 22.0. The molecule has 0 aliphatic carbocycles. The Labute approximate surface area is 179 Å². The van der Waals surface area contributed by atoms with Crippen LogP contribution >= 0.6 is 0 Å². The molecule has 0 aromatic heterocycles. The molecular formula is C25H32N2O3. The molecule has 2 atom stereocenters. The van der Waals surface area contributed by atoms with Crippen molar-refractivity contribution < 1.29 is 14.3 Å². The minimum absolute atomic E-state index is 0.203. The van der Waals surface area contributed by atoms with E-state index in [1.165, 1.54) is 0 Å². The highest BCUT2D eigenvalue weighted by atomic mass is 16.6. The summed E-state index contributed by atoms with van der Waals surface area (Å²) in [6.45, 7) is 6.10. The third kappa shape index (κ3) is 4.90. The number of amides is 1. The predicted octanol–water partition coefficient (Wildman–Crippen LogP) is 3.51. The van der Waals surface area contributed by atoms with Crippen LogP contribution in [0.2, 0.25) is 0 Å². The molecule has 0 radical (unpaired) electrons. The standard InChI is InChI=1S/C25H32N2O3/c1-23(2,3)30-22(29)24(20-12-8-5-9-13-20,15-14-19-10-6-4-7-11-19)18-25(26)16-17-27-21(25)28/h4-13H,14-18,26H2,1-3H3,(H,27,28)/t24-,25?/m1/s1. The molecule has 2 aromatic rings. The van der Waals surface area contributed by atoms with Gasteiger partial charge in [-0.15, -0.1) is 0 Å². The molecule has 160 valence electrons. The Balaban J connectivity index is 2.06. The second kappa shape index (κ2) is 8.60. The molecule has 3 N–H and O–H groups in total. The lowest BCUT2D eigenvalue weighted by Crippen LogP contribution is -2.55. The number of esters is 1. The van der Waals surface area contributed by atoms with Crippen molar-refractivity contribution in [2.45, 2.75) is 63.0 Å². The van der Waals surface area contributed by atoms with Crippen LogP contribution in [-0.4, -0.2) is 29.6 Å². The quantitative estimate of drug-likeness (QED) is 0.687. The summed E-state index contributed by atoms with van der Waals surface area (Å²) < 4.78 is 5.91. The van der Waals surface area contributed by atoms with E-state index in [4.69, 9.17) is 10.5 Å². The van der Waals surface area contributed by atoms with Gasteiger partial charge in [0, 0.05) is 6.54 Å². The summed E-state index contributed by atoms with van der Waals surface area (Å²) in [6, 6.07) is 19.7. The largest absolute Gasteiger partial charge is 0.459 e. The van der Waals surface area contributed by atoms with Crippen LogP contribution in [-0.2, 0) is 26.2 Å². The van der Waals surface area contributed by atoms with Gasteiger partial charge in [0.05, 0.1) is 11.0 Å². The lowest BCUT2D eigenvalue weighted by molar-refractivity contribution is -0.163. The zero-order valence-corrected chi connectivity index (χ0v) is 18.1. The lowest BCUT2D eigenvalue weighted by atomic mass is 9.67. The first-order valence-corrected chi connectivity index (χ1v) is 10.5. The van der Waals surface area contributed by atoms with Crippen LogP contribution in [0.5, 0.6) is 0 Å². The Bertz CT molecular complexity index is 876. The molecule has 0 spiro atoms. The highest BCUT2D eigenvalue weighted by molar-refractivity contribution is 5.91. The molecule has 5 nitrogen and oxygen atoms in total. The number of ether oxygens (including phenoxy) is 1. The van der Waals surface area contributed by atoms with Gasteiger partial charge in [0.1, 0.15) is 5.60 Å². The van der Waals surface area contributed by atoms with Gasteiger partial charge in [-0.2, -0.15) is 0 Å². The van der Waals surface area contributed by atoms with Gasteiger partial charge < -0.3 is 15.8 Å². The first-order chi connectivity index (χ1) is 14.1. The second-order valence-electron chi connectivity index (χ2n) is 9.27. The van der Waals surface area contributed by atoms with Gasteiger partial charge in [0.2, 0.25) is 5.91 Å². The van der Waals surface area contributed by atoms with Gasteiger partial charge in [-0.25, -0.2) is 0 Å². The number of aryl methyl sites for hydroxylation is 1. The van der Waals surface area contributed by atoms with Gasteiger partial charge >= 0.3 is 5.97 Å². The molecule has 1 heterocycles. The van der Waals surface area contributed by atoms with Crippen LogP contribution < -0.4 is 11.1 Å². The number of carbonyl (C=O) groups excluding carboxylic acids is 2. The van der Waals surface area contributed by atoms with Gasteiger partial charge in [0.15, 0.2) is 0 Å². The Morgan fingerprint density at radius 3 is 2.20 bits per heavy atom. The van der Waals surface area contributed by atoms with Gasteiger partial charge in [0.25, 0.3) is 0 Å². The fourth-order valence-corrected chi connectivity index (χ4v) is 4.16. The van der Waals surface area contributed by atoms with Crippen molar-refractivity contribution in [1.29, 1.82) is 0 Å². The molecule has 3 rings (SSSR count). The van der Waals surface area contributed by atoms with E-state index in [2.05, 4.69) is 5.32 Å². The average molecular weight is 409 g/mol. The summed E-state index contributed by atoms with van der Waals surface area (Å²) in [6.07, 6.45) is 1.88. The lowest BCUT2D eigenvalue weighted by Gasteiger charge is -2.39. The van der Waals surface area contributed by atoms with Crippen molar-refractivity contribution >= 4 is 11.9 Å². The normalized spacial score (nSPS) is 21.0. The van der Waals surface area contributed by atoms with Gasteiger partial charge in [-0.05, 0) is 57.6 Å². The number of rotatable bonds is 7. The number of benzene rings is 2. The van der Waals surface area contributed by atoms with Crippen LogP contribution in [0, 0.1) is 0 Å². The fourth-order valence-electron chi connectivity index (χ4n) is 4.16. The van der Waals surface area contributed by atoms with Crippen LogP contribution in [0.1, 0.15) is 51.2 Å². The number of nitrogens with two attached hydrogens (primary N) is 1. The smallest absolute Gasteiger partial charge is 0.317 e. The number of hydrogen-bond acceptors (Lipinski definition) is 4. The van der Waals surface area contributed by atoms with Crippen LogP contribution in [0.15, 0.2) is 60.7 Å². The van der Waals surface area contributed by atoms with Gasteiger partial charge in [-0.3, -0.25) is 9.59 Å². The summed E-state index contributed by atoms with van der Waals surface area (Å²) in [4.78, 5) is 26.3. The summed E-state index contributed by atoms with van der Waals surface area (Å²) in [5.41, 5.74) is 5.75. The Morgan fingerprint density at radius 1 is 1.07 bits per heavy atom. The summed E-state index contributed by atoms with van der Waals surface area (Å²) >= 11 is 0. The van der Waals surface area contributed by atoms with Crippen molar-refractivity contribution in [3.05, 3.63) is 71.8 Å². The van der Waals surface area contributed by atoms with E-state index in [1.807, 2.05) is 81.4 Å². The summed E-state index contributed by atoms with van der Waals surface area (Å²) in [5.74, 6) is -0.535. The van der Waals surface area contributed by atoms with Crippen LogP contribution in [0.3, 0.4) is 0 Å². The van der Waals surface area contributed by atoms with Crippen molar-refractivity contribution in [2.24, 2.45) is 5.73 Å². The number of carbonyl (C=O) groups is 2. The van der Waals surface area contributed by atoms with Gasteiger partial charge in [-0.1, -0.05) is 60.7 Å². The molecule has 1 amide bonds. The highest BCUT2D eigenvalue weighted by Crippen LogP contribution is 2.41. The average Bonchev–Trinajstić information content (AvgIpc) is 3.03. The van der Waals surface area contributed by atoms with Crippen LogP contribution in [0.25, 0.3) is 0 Å². The maximum atomic E-state index is 13.7. The second-order valence-corrected chi connectivity index (χ2v) is 9.27. The molecule has 2 aromatic carbocycles. The minimum atomic E-state index is -1.11. The summed E-state index contributed by atoms with van der Waals surface area (Å²) in [7, 11) is 0. The molecule has 0 saturated carbocycles. The molecule has 30 heavy (non-hydrogen) atoms. The maximum Gasteiger partial charge on any atom is 0.317 e. The van der Waals surface area contributed by atoms with E-state index in [0.29, 0.717) is 25.8 Å². The third-order valence-electron chi connectivity index (χ3n) is 5.73. The maximum absolute atomic E-state index is 13.7. The first-order valence-electron chi connectivity index (χ1n) is 10.5. The zero-order chi connectivity index (χ0) is 21.8. The Morgan fingerprint density at radius 2 is 1.67 bits per heavy atom. The van der Waals surface area contributed by atoms with E-state index in [9.17, 15) is 9.59 Å². The molecule has 1 unspecified atom stereocenters. The van der Waals surface area contributed by atoms with Crippen molar-refractivity contribution in [1.82, 2.24) is 5.32 Å². The molecule has 5 heteroatoms. The summed E-state index contributed by atoms with van der Waals surface area (Å²) in [5, 5.41) is 2.83. The SMILES string of the molecule is CC(C)(C)OC(=O)[C@](CCc1ccccc1)(CC1(N)CCNC1=O)c1ccccc1. The minimum Gasteiger partial charge on any atom is -0.459 e. The van der Waals surface area contributed by atoms with E-state index in [-0.39, 0.29) is 18.3 Å². The van der Waals surface area contributed by atoms with Crippen molar-refractivity contribution in [3.8, 4) is 0 Å². The monoisotopic (exact) mass is 408 g/mol. The Kier molecular flexibility index (Phi) is 6.32. The van der Waals surface area contributed by atoms with E-state index in [1.54, 1.807) is 0 Å². The predicted molar refractivity (Wildman–Crippen MR) is 118 cm³/mol. The van der Waals surface area contributed by atoms with E-state index in [0.717, 1.165) is 11.1 Å². The number of nitrogens with one attached hydrogen (secondary N) is 1. The molecule has 0 bridgehead atoms. The van der Waals surface area contributed by atoms with Crippen molar-refractivity contribution in [2.75, 3.05) is 6.54 Å². The molecule has 1 aliphatic rings. The highest BCUT2D eigenvalue weighted by Gasteiger charge is 2.51. The van der Waals surface area contributed by atoms with E-state index >= 15 is 0 Å². The fraction of sp³-hybridized carbons (Fsp3) is 0.440. The van der Waals surface area contributed by atoms with Crippen molar-refractivity contribution in [3.63, 3.8) is 0 Å². The van der Waals surface area contributed by atoms with E-state index < -0.39 is 16.6 Å².